The van der Waals surface area contributed by atoms with Crippen LogP contribution in [-0.2, 0) is 14.2 Å². The van der Waals surface area contributed by atoms with E-state index in [1.807, 2.05) is 0 Å². The number of ether oxygens (including phenoxy) is 3. The number of carbonyl (C=O) groups is 2. The number of carbonyl (C=O) groups excluding carboxylic acids is 2. The minimum absolute atomic E-state index is 0.137. The van der Waals surface area contributed by atoms with E-state index in [9.17, 15) is 62.3 Å². The Morgan fingerprint density at radius 2 is 1.02 bits per heavy atom. The van der Waals surface area contributed by atoms with Gasteiger partial charge in [0.15, 0.2) is 0 Å². The zero-order valence-corrected chi connectivity index (χ0v) is 21.1. The van der Waals surface area contributed by atoms with E-state index in [1.54, 1.807) is 12.1 Å². The Kier molecular flexibility index (Phi) is 11.2. The fourth-order valence-electron chi connectivity index (χ4n) is 2.92. The SMILES string of the molecule is O=C(Nc1ccccc1)OCC(COC(=O)Nc1ccccc1)OCC(F)(F)C(F)(F)C(F)(F)C(F)(F)C(F)(F)C(F)F. The Morgan fingerprint density at radius 3 is 1.40 bits per heavy atom. The smallest absolute Gasteiger partial charge is 0.411 e. The second-order valence-corrected chi connectivity index (χ2v) is 8.46. The van der Waals surface area contributed by atoms with Gasteiger partial charge in [0.1, 0.15) is 25.9 Å². The van der Waals surface area contributed by atoms with Gasteiger partial charge < -0.3 is 14.2 Å². The van der Waals surface area contributed by atoms with Gasteiger partial charge in [0.05, 0.1) is 0 Å². The molecule has 2 aromatic rings. The standard InChI is InChI=1S/C24H20F12N2O5/c25-17(26)21(29,30)23(33,34)24(35,36)22(31,32)20(27,28)13-43-16(11-41-18(39)37-14-7-3-1-4-8-14)12-42-19(40)38-15-9-5-2-6-10-15/h1-10,16-17H,11-13H2,(H,37,39)(H,38,40). The first-order valence-electron chi connectivity index (χ1n) is 11.5. The lowest BCUT2D eigenvalue weighted by atomic mass is 9.94. The molecule has 0 aliphatic rings. The van der Waals surface area contributed by atoms with Gasteiger partial charge in [-0.15, -0.1) is 0 Å². The van der Waals surface area contributed by atoms with Crippen LogP contribution in [0.1, 0.15) is 0 Å². The molecule has 0 fully saturated rings. The van der Waals surface area contributed by atoms with Crippen LogP contribution in [0.5, 0.6) is 0 Å². The van der Waals surface area contributed by atoms with E-state index in [-0.39, 0.29) is 11.4 Å². The molecule has 0 aliphatic carbocycles. The van der Waals surface area contributed by atoms with Crippen LogP contribution in [0, 0.1) is 0 Å². The third-order valence-electron chi connectivity index (χ3n) is 5.28. The number of hydrogen-bond donors (Lipinski definition) is 2. The molecule has 240 valence electrons. The minimum atomic E-state index is -7.75. The predicted molar refractivity (Wildman–Crippen MR) is 123 cm³/mol. The number of halogens is 12. The van der Waals surface area contributed by atoms with E-state index in [2.05, 4.69) is 24.8 Å². The van der Waals surface area contributed by atoms with E-state index < -0.39 is 74.1 Å². The number of hydrogen-bond acceptors (Lipinski definition) is 5. The molecule has 0 spiro atoms. The zero-order chi connectivity index (χ0) is 32.7. The minimum Gasteiger partial charge on any atom is -0.446 e. The van der Waals surface area contributed by atoms with Crippen molar-refractivity contribution in [3.8, 4) is 0 Å². The molecule has 0 aliphatic heterocycles. The van der Waals surface area contributed by atoms with Gasteiger partial charge in [-0.2, -0.15) is 43.9 Å². The number of nitrogens with one attached hydrogen (secondary N) is 2. The molecular weight excluding hydrogens is 624 g/mol. The van der Waals surface area contributed by atoms with Crippen LogP contribution in [0.25, 0.3) is 0 Å². The average Bonchev–Trinajstić information content (AvgIpc) is 2.93. The first-order valence-corrected chi connectivity index (χ1v) is 11.5. The molecule has 2 aromatic carbocycles. The monoisotopic (exact) mass is 644 g/mol. The molecule has 0 radical (unpaired) electrons. The molecule has 0 aromatic heterocycles. The van der Waals surface area contributed by atoms with E-state index in [4.69, 9.17) is 0 Å². The number of amides is 2. The van der Waals surface area contributed by atoms with Gasteiger partial charge >= 0.3 is 48.2 Å². The van der Waals surface area contributed by atoms with Gasteiger partial charge in [-0.3, -0.25) is 10.6 Å². The Balaban J connectivity index is 2.18. The molecule has 0 saturated carbocycles. The van der Waals surface area contributed by atoms with Crippen molar-refractivity contribution in [2.45, 2.75) is 42.1 Å². The lowest BCUT2D eigenvalue weighted by molar-refractivity contribution is -0.416. The van der Waals surface area contributed by atoms with Crippen LogP contribution in [0.4, 0.5) is 73.6 Å². The highest BCUT2D eigenvalue weighted by Crippen LogP contribution is 2.58. The highest BCUT2D eigenvalue weighted by atomic mass is 19.4. The van der Waals surface area contributed by atoms with E-state index >= 15 is 0 Å². The molecule has 2 rings (SSSR count). The largest absolute Gasteiger partial charge is 0.446 e. The van der Waals surface area contributed by atoms with Crippen molar-refractivity contribution >= 4 is 23.6 Å². The molecule has 0 heterocycles. The van der Waals surface area contributed by atoms with Crippen molar-refractivity contribution in [3.63, 3.8) is 0 Å². The predicted octanol–water partition coefficient (Wildman–Crippen LogP) is 7.31. The highest BCUT2D eigenvalue weighted by Gasteiger charge is 2.87. The second-order valence-electron chi connectivity index (χ2n) is 8.46. The Bertz CT molecular complexity index is 1150. The molecule has 19 heteroatoms. The summed E-state index contributed by atoms with van der Waals surface area (Å²) in [5.74, 6) is -36.4. The van der Waals surface area contributed by atoms with Crippen LogP contribution in [-0.4, -0.2) is 74.1 Å². The van der Waals surface area contributed by atoms with Crippen molar-refractivity contribution < 1.29 is 76.5 Å². The topological polar surface area (TPSA) is 85.9 Å². The first-order chi connectivity index (χ1) is 19.8. The third kappa shape index (κ3) is 8.14. The summed E-state index contributed by atoms with van der Waals surface area (Å²) in [7, 11) is 0. The fourth-order valence-corrected chi connectivity index (χ4v) is 2.92. The van der Waals surface area contributed by atoms with Crippen molar-refractivity contribution in [1.29, 1.82) is 0 Å². The van der Waals surface area contributed by atoms with Gasteiger partial charge in [0, 0.05) is 11.4 Å². The number of rotatable bonds is 14. The van der Waals surface area contributed by atoms with Gasteiger partial charge in [0.2, 0.25) is 0 Å². The van der Waals surface area contributed by atoms with Gasteiger partial charge in [-0.1, -0.05) is 36.4 Å². The molecular formula is C24H20F12N2O5. The van der Waals surface area contributed by atoms with Gasteiger partial charge in [-0.05, 0) is 24.3 Å². The quantitative estimate of drug-likeness (QED) is 0.211. The number of para-hydroxylation sites is 2. The molecule has 2 N–H and O–H groups in total. The van der Waals surface area contributed by atoms with Crippen molar-refractivity contribution in [2.24, 2.45) is 0 Å². The lowest BCUT2D eigenvalue weighted by Gasteiger charge is -2.39. The molecule has 0 unspecified atom stereocenters. The van der Waals surface area contributed by atoms with Gasteiger partial charge in [0.25, 0.3) is 0 Å². The van der Waals surface area contributed by atoms with E-state index in [0.29, 0.717) is 0 Å². The fraction of sp³-hybridized carbons (Fsp3) is 0.417. The van der Waals surface area contributed by atoms with E-state index in [0.717, 1.165) is 0 Å². The lowest BCUT2D eigenvalue weighted by Crippen LogP contribution is -2.69. The first kappa shape index (κ1) is 35.3. The summed E-state index contributed by atoms with van der Waals surface area (Å²) in [4.78, 5) is 23.9. The third-order valence-corrected chi connectivity index (χ3v) is 5.28. The Hall–Kier alpha value is -3.90. The van der Waals surface area contributed by atoms with Crippen molar-refractivity contribution in [1.82, 2.24) is 0 Å². The molecule has 7 nitrogen and oxygen atoms in total. The maximum absolute atomic E-state index is 14.2. The normalized spacial score (nSPS) is 13.2. The van der Waals surface area contributed by atoms with E-state index in [1.165, 1.54) is 48.5 Å². The van der Waals surface area contributed by atoms with Crippen molar-refractivity contribution in [2.75, 3.05) is 30.5 Å². The van der Waals surface area contributed by atoms with Crippen LogP contribution in [0.3, 0.4) is 0 Å². The molecule has 0 saturated heterocycles. The summed E-state index contributed by atoms with van der Waals surface area (Å²) in [5, 5.41) is 4.26. The Morgan fingerprint density at radius 1 is 0.628 bits per heavy atom. The molecule has 0 bridgehead atoms. The second kappa shape index (κ2) is 13.6. The van der Waals surface area contributed by atoms with Crippen LogP contribution in [0.15, 0.2) is 60.7 Å². The van der Waals surface area contributed by atoms with Crippen LogP contribution in [0.2, 0.25) is 0 Å². The summed E-state index contributed by atoms with van der Waals surface area (Å²) in [6.45, 7) is -5.38. The maximum Gasteiger partial charge on any atom is 0.411 e. The zero-order valence-electron chi connectivity index (χ0n) is 21.1. The maximum atomic E-state index is 14.2. The summed E-state index contributed by atoms with van der Waals surface area (Å²) in [6, 6.07) is 14.5. The van der Waals surface area contributed by atoms with Gasteiger partial charge in [-0.25, -0.2) is 18.4 Å². The highest BCUT2D eigenvalue weighted by molar-refractivity contribution is 5.85. The summed E-state index contributed by atoms with van der Waals surface area (Å²) in [5.41, 5.74) is 0.275. The summed E-state index contributed by atoms with van der Waals surface area (Å²) in [6.07, 6.45) is -10.4. The van der Waals surface area contributed by atoms with Crippen LogP contribution < -0.4 is 10.6 Å². The Labute approximate surface area is 234 Å². The number of anilines is 2. The molecule has 2 amide bonds. The number of alkyl halides is 12. The molecule has 43 heavy (non-hydrogen) atoms. The average molecular weight is 644 g/mol. The van der Waals surface area contributed by atoms with Crippen LogP contribution >= 0.6 is 0 Å². The molecule has 0 atom stereocenters. The summed E-state index contributed by atoms with van der Waals surface area (Å²) < 4.78 is 175. The number of benzene rings is 2. The van der Waals surface area contributed by atoms with Crippen molar-refractivity contribution in [3.05, 3.63) is 60.7 Å². The summed E-state index contributed by atoms with van der Waals surface area (Å²) >= 11 is 0.